The minimum absolute atomic E-state index is 0.0975. The van der Waals surface area contributed by atoms with Crippen LogP contribution >= 0.6 is 0 Å². The molecule has 0 radical (unpaired) electrons. The normalized spacial score (nSPS) is 11.4. The SMILES string of the molecule is Cc1nnnn1/C(=C\c1ccccc1)C(=O)OCC(=O)N(c1ccccc1)C(C)C. The predicted octanol–water partition coefficient (Wildman–Crippen LogP) is 2.96. The van der Waals surface area contributed by atoms with Gasteiger partial charge in [0.1, 0.15) is 0 Å². The molecule has 0 saturated carbocycles. The van der Waals surface area contributed by atoms with E-state index in [9.17, 15) is 9.59 Å². The molecule has 1 aromatic heterocycles. The van der Waals surface area contributed by atoms with Gasteiger partial charge in [0.05, 0.1) is 0 Å². The average Bonchev–Trinajstić information content (AvgIpc) is 3.17. The number of nitrogens with zero attached hydrogens (tertiary/aromatic N) is 5. The van der Waals surface area contributed by atoms with Crippen molar-refractivity contribution in [3.63, 3.8) is 0 Å². The minimum atomic E-state index is -0.695. The summed E-state index contributed by atoms with van der Waals surface area (Å²) in [7, 11) is 0. The average molecular weight is 405 g/mol. The smallest absolute Gasteiger partial charge is 0.357 e. The number of rotatable bonds is 7. The molecular weight excluding hydrogens is 382 g/mol. The van der Waals surface area contributed by atoms with Gasteiger partial charge in [0.25, 0.3) is 5.91 Å². The van der Waals surface area contributed by atoms with Crippen LogP contribution in [0.2, 0.25) is 0 Å². The quantitative estimate of drug-likeness (QED) is 0.443. The van der Waals surface area contributed by atoms with Crippen LogP contribution in [0.15, 0.2) is 60.7 Å². The zero-order valence-corrected chi connectivity index (χ0v) is 17.1. The molecule has 0 bridgehead atoms. The van der Waals surface area contributed by atoms with E-state index in [0.29, 0.717) is 5.82 Å². The van der Waals surface area contributed by atoms with Crippen molar-refractivity contribution in [2.45, 2.75) is 26.8 Å². The molecule has 0 spiro atoms. The van der Waals surface area contributed by atoms with Gasteiger partial charge in [-0.05, 0) is 55.0 Å². The summed E-state index contributed by atoms with van der Waals surface area (Å²) in [6.07, 6.45) is 1.62. The van der Waals surface area contributed by atoms with Crippen molar-refractivity contribution in [3.8, 4) is 0 Å². The summed E-state index contributed by atoms with van der Waals surface area (Å²) in [6.45, 7) is 5.07. The number of ether oxygens (including phenoxy) is 1. The van der Waals surface area contributed by atoms with E-state index in [4.69, 9.17) is 4.74 Å². The molecule has 0 atom stereocenters. The molecule has 0 N–H and O–H groups in total. The third-order valence-corrected chi connectivity index (χ3v) is 4.31. The molecule has 0 aliphatic carbocycles. The molecule has 8 nitrogen and oxygen atoms in total. The fourth-order valence-corrected chi connectivity index (χ4v) is 2.96. The molecule has 30 heavy (non-hydrogen) atoms. The van der Waals surface area contributed by atoms with E-state index < -0.39 is 12.6 Å². The highest BCUT2D eigenvalue weighted by atomic mass is 16.5. The Morgan fingerprint density at radius 3 is 2.27 bits per heavy atom. The minimum Gasteiger partial charge on any atom is -0.451 e. The third-order valence-electron chi connectivity index (χ3n) is 4.31. The lowest BCUT2D eigenvalue weighted by atomic mass is 10.2. The maximum Gasteiger partial charge on any atom is 0.357 e. The van der Waals surface area contributed by atoms with Gasteiger partial charge in [-0.1, -0.05) is 48.5 Å². The van der Waals surface area contributed by atoms with Crippen LogP contribution in [0.25, 0.3) is 11.8 Å². The summed E-state index contributed by atoms with van der Waals surface area (Å²) in [4.78, 5) is 27.3. The van der Waals surface area contributed by atoms with Crippen molar-refractivity contribution in [1.82, 2.24) is 20.2 Å². The Labute approximate surface area is 174 Å². The van der Waals surface area contributed by atoms with Gasteiger partial charge >= 0.3 is 5.97 Å². The van der Waals surface area contributed by atoms with Crippen LogP contribution in [0.4, 0.5) is 5.69 Å². The number of tetrazole rings is 1. The topological polar surface area (TPSA) is 90.2 Å². The van der Waals surface area contributed by atoms with E-state index in [1.807, 2.05) is 74.5 Å². The first kappa shape index (κ1) is 20.9. The highest BCUT2D eigenvalue weighted by molar-refractivity contribution is 6.15. The van der Waals surface area contributed by atoms with Crippen LogP contribution in [-0.2, 0) is 14.3 Å². The number of aromatic nitrogens is 4. The number of amides is 1. The van der Waals surface area contributed by atoms with Gasteiger partial charge in [0.15, 0.2) is 18.1 Å². The Bertz CT molecular complexity index is 1030. The van der Waals surface area contributed by atoms with Crippen molar-refractivity contribution in [2.75, 3.05) is 11.5 Å². The zero-order valence-electron chi connectivity index (χ0n) is 17.1. The fraction of sp³-hybridized carbons (Fsp3) is 0.227. The van der Waals surface area contributed by atoms with E-state index >= 15 is 0 Å². The van der Waals surface area contributed by atoms with Crippen LogP contribution < -0.4 is 4.90 Å². The second-order valence-corrected chi connectivity index (χ2v) is 6.85. The zero-order chi connectivity index (χ0) is 21.5. The van der Waals surface area contributed by atoms with E-state index in [-0.39, 0.29) is 17.6 Å². The number of anilines is 1. The van der Waals surface area contributed by atoms with Crippen molar-refractivity contribution in [2.24, 2.45) is 0 Å². The van der Waals surface area contributed by atoms with Gasteiger partial charge in [-0.15, -0.1) is 5.10 Å². The number of benzene rings is 2. The second kappa shape index (κ2) is 9.60. The number of aryl methyl sites for hydroxylation is 1. The van der Waals surface area contributed by atoms with Gasteiger partial charge in [-0.2, -0.15) is 4.68 Å². The lowest BCUT2D eigenvalue weighted by molar-refractivity contribution is -0.142. The molecule has 8 heteroatoms. The number of hydrogen-bond donors (Lipinski definition) is 0. The number of carbonyl (C=O) groups is 2. The van der Waals surface area contributed by atoms with E-state index in [1.165, 1.54) is 4.68 Å². The van der Waals surface area contributed by atoms with Gasteiger partial charge in [-0.25, -0.2) is 4.79 Å². The van der Waals surface area contributed by atoms with Crippen molar-refractivity contribution >= 4 is 29.3 Å². The van der Waals surface area contributed by atoms with Gasteiger partial charge in [0, 0.05) is 11.7 Å². The fourth-order valence-electron chi connectivity index (χ4n) is 2.96. The van der Waals surface area contributed by atoms with Gasteiger partial charge < -0.3 is 9.64 Å². The van der Waals surface area contributed by atoms with Gasteiger partial charge in [-0.3, -0.25) is 4.79 Å². The van der Waals surface area contributed by atoms with Crippen LogP contribution in [0, 0.1) is 6.92 Å². The summed E-state index contributed by atoms with van der Waals surface area (Å²) in [5.41, 5.74) is 1.64. The Kier molecular flexibility index (Phi) is 6.69. The van der Waals surface area contributed by atoms with Gasteiger partial charge in [0.2, 0.25) is 0 Å². The van der Waals surface area contributed by atoms with Crippen molar-refractivity contribution < 1.29 is 14.3 Å². The maximum absolute atomic E-state index is 12.9. The summed E-state index contributed by atoms with van der Waals surface area (Å²) in [5, 5.41) is 11.3. The lowest BCUT2D eigenvalue weighted by Crippen LogP contribution is -2.40. The molecular formula is C22H23N5O3. The molecule has 0 aliphatic rings. The molecule has 1 heterocycles. The number of esters is 1. The summed E-state index contributed by atoms with van der Waals surface area (Å²) in [5.74, 6) is -0.593. The Morgan fingerprint density at radius 1 is 1.07 bits per heavy atom. The molecule has 0 unspecified atom stereocenters. The first-order valence-electron chi connectivity index (χ1n) is 9.53. The number of para-hydroxylation sites is 1. The Hall–Kier alpha value is -3.81. The Balaban J connectivity index is 1.80. The second-order valence-electron chi connectivity index (χ2n) is 6.85. The highest BCUT2D eigenvalue weighted by Gasteiger charge is 2.23. The summed E-state index contributed by atoms with van der Waals surface area (Å²) >= 11 is 0. The predicted molar refractivity (Wildman–Crippen MR) is 113 cm³/mol. The van der Waals surface area contributed by atoms with Crippen molar-refractivity contribution in [1.29, 1.82) is 0 Å². The van der Waals surface area contributed by atoms with Crippen LogP contribution in [0.1, 0.15) is 25.2 Å². The molecule has 1 amide bonds. The molecule has 0 fully saturated rings. The van der Waals surface area contributed by atoms with E-state index in [2.05, 4.69) is 15.5 Å². The van der Waals surface area contributed by atoms with Crippen LogP contribution in [-0.4, -0.2) is 44.7 Å². The Morgan fingerprint density at radius 2 is 1.70 bits per heavy atom. The summed E-state index contributed by atoms with van der Waals surface area (Å²) < 4.78 is 6.64. The maximum atomic E-state index is 12.9. The molecule has 0 saturated heterocycles. The monoisotopic (exact) mass is 405 g/mol. The molecule has 3 rings (SSSR count). The molecule has 3 aromatic rings. The lowest BCUT2D eigenvalue weighted by Gasteiger charge is -2.26. The largest absolute Gasteiger partial charge is 0.451 e. The summed E-state index contributed by atoms with van der Waals surface area (Å²) in [6, 6.07) is 18.4. The van der Waals surface area contributed by atoms with Crippen molar-refractivity contribution in [3.05, 3.63) is 72.1 Å². The van der Waals surface area contributed by atoms with E-state index in [0.717, 1.165) is 11.3 Å². The van der Waals surface area contributed by atoms with E-state index in [1.54, 1.807) is 17.9 Å². The first-order chi connectivity index (χ1) is 14.5. The third kappa shape index (κ3) is 4.96. The standard InChI is InChI=1S/C22H23N5O3/c1-16(2)26(19-12-8-5-9-13-19)21(28)15-30-22(29)20(27-17(3)23-24-25-27)14-18-10-6-4-7-11-18/h4-14,16H,15H2,1-3H3/b20-14-. The van der Waals surface area contributed by atoms with Crippen LogP contribution in [0.3, 0.4) is 0 Å². The highest BCUT2D eigenvalue weighted by Crippen LogP contribution is 2.18. The molecule has 154 valence electrons. The van der Waals surface area contributed by atoms with Crippen LogP contribution in [0.5, 0.6) is 0 Å². The molecule has 2 aromatic carbocycles. The number of hydrogen-bond acceptors (Lipinski definition) is 6. The number of carbonyl (C=O) groups excluding carboxylic acids is 2. The molecule has 0 aliphatic heterocycles. The first-order valence-corrected chi connectivity index (χ1v) is 9.53.